The number of nitrogens with one attached hydrogen (secondary N) is 1. The molecule has 0 amide bonds. The third-order valence-electron chi connectivity index (χ3n) is 2.24. The quantitative estimate of drug-likeness (QED) is 0.661. The second-order valence-electron chi connectivity index (χ2n) is 3.56. The van der Waals surface area contributed by atoms with Gasteiger partial charge in [-0.1, -0.05) is 6.07 Å². The molecule has 0 aliphatic heterocycles. The first-order valence-electron chi connectivity index (χ1n) is 5.17. The summed E-state index contributed by atoms with van der Waals surface area (Å²) < 4.78 is 13.0. The Morgan fingerprint density at radius 1 is 1.33 bits per heavy atom. The van der Waals surface area contributed by atoms with Gasteiger partial charge in [0.25, 0.3) is 0 Å². The van der Waals surface area contributed by atoms with Gasteiger partial charge in [0, 0.05) is 18.8 Å². The van der Waals surface area contributed by atoms with E-state index in [1.165, 1.54) is 23.4 Å². The van der Waals surface area contributed by atoms with Crippen molar-refractivity contribution < 1.29 is 4.39 Å². The molecular weight excluding hydrogens is 233 g/mol. The Morgan fingerprint density at radius 2 is 2.17 bits per heavy atom. The summed E-state index contributed by atoms with van der Waals surface area (Å²) in [6, 6.07) is 7.64. The largest absolute Gasteiger partial charge is 0.340 e. The van der Waals surface area contributed by atoms with E-state index in [1.807, 2.05) is 6.19 Å². The molecule has 1 aromatic carbocycles. The molecular formula is C12H10FN5. The summed E-state index contributed by atoms with van der Waals surface area (Å²) in [5.74, 6) is 0.627. The zero-order valence-corrected chi connectivity index (χ0v) is 9.63. The number of benzene rings is 1. The summed E-state index contributed by atoms with van der Waals surface area (Å²) in [5, 5.41) is 11.7. The van der Waals surface area contributed by atoms with Crippen LogP contribution in [0.15, 0.2) is 36.7 Å². The molecule has 1 N–H and O–H groups in total. The van der Waals surface area contributed by atoms with Crippen molar-refractivity contribution in [2.24, 2.45) is 0 Å². The minimum absolute atomic E-state index is 0.330. The van der Waals surface area contributed by atoms with Gasteiger partial charge in [0.15, 0.2) is 6.19 Å². The highest BCUT2D eigenvalue weighted by Gasteiger charge is 2.03. The zero-order chi connectivity index (χ0) is 13.0. The van der Waals surface area contributed by atoms with Crippen molar-refractivity contribution in [1.29, 1.82) is 5.26 Å². The molecule has 0 aliphatic carbocycles. The number of nitrogens with zero attached hydrogens (tertiary/aromatic N) is 4. The number of anilines is 3. The second kappa shape index (κ2) is 5.10. The van der Waals surface area contributed by atoms with Crippen LogP contribution in [0.2, 0.25) is 0 Å². The topological polar surface area (TPSA) is 64.8 Å². The number of nitriles is 1. The van der Waals surface area contributed by atoms with Crippen LogP contribution < -0.4 is 10.2 Å². The van der Waals surface area contributed by atoms with Crippen LogP contribution in [0.1, 0.15) is 0 Å². The van der Waals surface area contributed by atoms with Crippen molar-refractivity contribution in [2.45, 2.75) is 0 Å². The maximum absolute atomic E-state index is 13.0. The standard InChI is InChI=1S/C12H10FN5/c1-18(7-14)12-6-11(15-8-16-12)17-10-4-2-3-9(13)5-10/h2-6,8H,1H3,(H,15,16,17). The SMILES string of the molecule is CN(C#N)c1cc(Nc2cccc(F)c2)ncn1. The highest BCUT2D eigenvalue weighted by Crippen LogP contribution is 2.18. The van der Waals surface area contributed by atoms with Crippen molar-refractivity contribution in [3.8, 4) is 6.19 Å². The van der Waals surface area contributed by atoms with Crippen LogP contribution in [0.5, 0.6) is 0 Å². The minimum Gasteiger partial charge on any atom is -0.340 e. The molecule has 18 heavy (non-hydrogen) atoms. The van der Waals surface area contributed by atoms with E-state index in [-0.39, 0.29) is 5.82 Å². The van der Waals surface area contributed by atoms with Crippen LogP contribution >= 0.6 is 0 Å². The Balaban J connectivity index is 2.22. The molecule has 2 rings (SSSR count). The number of hydrogen-bond donors (Lipinski definition) is 1. The van der Waals surface area contributed by atoms with E-state index >= 15 is 0 Å². The van der Waals surface area contributed by atoms with E-state index in [0.29, 0.717) is 17.3 Å². The lowest BCUT2D eigenvalue weighted by Gasteiger charge is -2.10. The molecule has 5 nitrogen and oxygen atoms in total. The third kappa shape index (κ3) is 2.71. The number of hydrogen-bond acceptors (Lipinski definition) is 5. The zero-order valence-electron chi connectivity index (χ0n) is 9.63. The van der Waals surface area contributed by atoms with Gasteiger partial charge in [-0.15, -0.1) is 0 Å². The fourth-order valence-electron chi connectivity index (χ4n) is 1.36. The Bertz CT molecular complexity index is 593. The van der Waals surface area contributed by atoms with Gasteiger partial charge in [-0.05, 0) is 18.2 Å². The van der Waals surface area contributed by atoms with Crippen molar-refractivity contribution in [3.05, 3.63) is 42.5 Å². The molecule has 1 aromatic heterocycles. The summed E-state index contributed by atoms with van der Waals surface area (Å²) in [6.07, 6.45) is 3.27. The highest BCUT2D eigenvalue weighted by molar-refractivity contribution is 5.59. The van der Waals surface area contributed by atoms with E-state index in [4.69, 9.17) is 5.26 Å². The monoisotopic (exact) mass is 243 g/mol. The molecule has 0 atom stereocenters. The lowest BCUT2D eigenvalue weighted by Crippen LogP contribution is -2.10. The van der Waals surface area contributed by atoms with E-state index in [0.717, 1.165) is 0 Å². The van der Waals surface area contributed by atoms with Crippen LogP contribution in [0.25, 0.3) is 0 Å². The van der Waals surface area contributed by atoms with Crippen molar-refractivity contribution in [2.75, 3.05) is 17.3 Å². The highest BCUT2D eigenvalue weighted by atomic mass is 19.1. The van der Waals surface area contributed by atoms with Crippen LogP contribution in [-0.2, 0) is 0 Å². The number of aromatic nitrogens is 2. The lowest BCUT2D eigenvalue weighted by molar-refractivity contribution is 0.628. The summed E-state index contributed by atoms with van der Waals surface area (Å²) in [7, 11) is 1.59. The fourth-order valence-corrected chi connectivity index (χ4v) is 1.36. The number of rotatable bonds is 3. The van der Waals surface area contributed by atoms with Gasteiger partial charge in [-0.25, -0.2) is 14.4 Å². The molecule has 0 bridgehead atoms. The summed E-state index contributed by atoms with van der Waals surface area (Å²) in [5.41, 5.74) is 0.583. The van der Waals surface area contributed by atoms with Crippen LogP contribution in [-0.4, -0.2) is 17.0 Å². The summed E-state index contributed by atoms with van der Waals surface area (Å²) >= 11 is 0. The normalized spacial score (nSPS) is 9.61. The first-order chi connectivity index (χ1) is 8.69. The smallest absolute Gasteiger partial charge is 0.185 e. The van der Waals surface area contributed by atoms with Gasteiger partial charge in [0.2, 0.25) is 0 Å². The Morgan fingerprint density at radius 3 is 2.89 bits per heavy atom. The molecule has 0 saturated carbocycles. The molecule has 90 valence electrons. The van der Waals surface area contributed by atoms with E-state index in [2.05, 4.69) is 15.3 Å². The molecule has 0 spiro atoms. The second-order valence-corrected chi connectivity index (χ2v) is 3.56. The minimum atomic E-state index is -0.330. The van der Waals surface area contributed by atoms with Crippen LogP contribution in [0.3, 0.4) is 0 Å². The maximum Gasteiger partial charge on any atom is 0.185 e. The third-order valence-corrected chi connectivity index (χ3v) is 2.24. The van der Waals surface area contributed by atoms with Gasteiger partial charge in [0.05, 0.1) is 0 Å². The van der Waals surface area contributed by atoms with Gasteiger partial charge in [-0.3, -0.25) is 4.90 Å². The Labute approximate surface area is 104 Å². The Hall–Kier alpha value is -2.68. The molecule has 0 unspecified atom stereocenters. The van der Waals surface area contributed by atoms with E-state index in [9.17, 15) is 4.39 Å². The van der Waals surface area contributed by atoms with Gasteiger partial charge < -0.3 is 5.32 Å². The van der Waals surface area contributed by atoms with Crippen molar-refractivity contribution in [1.82, 2.24) is 9.97 Å². The van der Waals surface area contributed by atoms with Crippen LogP contribution in [0.4, 0.5) is 21.7 Å². The predicted molar refractivity (Wildman–Crippen MR) is 65.7 cm³/mol. The molecule has 2 aromatic rings. The predicted octanol–water partition coefficient (Wildman–Crippen LogP) is 2.28. The molecule has 0 radical (unpaired) electrons. The summed E-state index contributed by atoms with van der Waals surface area (Å²) in [4.78, 5) is 9.25. The van der Waals surface area contributed by atoms with Gasteiger partial charge >= 0.3 is 0 Å². The maximum atomic E-state index is 13.0. The fraction of sp³-hybridized carbons (Fsp3) is 0.0833. The lowest BCUT2D eigenvalue weighted by atomic mass is 10.3. The molecule has 6 heteroatoms. The first kappa shape index (κ1) is 11.8. The molecule has 0 aliphatic rings. The molecule has 0 fully saturated rings. The molecule has 0 saturated heterocycles. The van der Waals surface area contributed by atoms with Crippen LogP contribution in [0, 0.1) is 17.3 Å². The first-order valence-corrected chi connectivity index (χ1v) is 5.17. The number of halogens is 1. The molecule has 1 heterocycles. The van der Waals surface area contributed by atoms with Crippen molar-refractivity contribution >= 4 is 17.3 Å². The van der Waals surface area contributed by atoms with E-state index < -0.39 is 0 Å². The van der Waals surface area contributed by atoms with Crippen molar-refractivity contribution in [3.63, 3.8) is 0 Å². The van der Waals surface area contributed by atoms with E-state index in [1.54, 1.807) is 25.2 Å². The Kier molecular flexibility index (Phi) is 3.34. The average Bonchev–Trinajstić information content (AvgIpc) is 2.38. The van der Waals surface area contributed by atoms with Gasteiger partial charge in [-0.2, -0.15) is 5.26 Å². The average molecular weight is 243 g/mol. The summed E-state index contributed by atoms with van der Waals surface area (Å²) in [6.45, 7) is 0. The van der Waals surface area contributed by atoms with Gasteiger partial charge in [0.1, 0.15) is 23.8 Å².